The van der Waals surface area contributed by atoms with Gasteiger partial charge in [0.1, 0.15) is 5.75 Å². The van der Waals surface area contributed by atoms with Crippen molar-refractivity contribution in [2.75, 3.05) is 19.0 Å². The van der Waals surface area contributed by atoms with E-state index in [4.69, 9.17) is 10.5 Å². The van der Waals surface area contributed by atoms with Crippen LogP contribution >= 0.6 is 24.0 Å². The summed E-state index contributed by atoms with van der Waals surface area (Å²) in [6.45, 7) is 2.58. The summed E-state index contributed by atoms with van der Waals surface area (Å²) in [4.78, 5) is 8.57. The fraction of sp³-hybridized carbons (Fsp3) is 0.250. The third-order valence-electron chi connectivity index (χ3n) is 3.02. The molecule has 0 aliphatic heterocycles. The summed E-state index contributed by atoms with van der Waals surface area (Å²) in [7, 11) is 1.62. The Balaban J connectivity index is 0.00000242. The topological polar surface area (TPSA) is 72.5 Å². The molecule has 118 valence electrons. The fourth-order valence-electron chi connectivity index (χ4n) is 1.88. The van der Waals surface area contributed by atoms with E-state index < -0.39 is 0 Å². The van der Waals surface area contributed by atoms with Crippen molar-refractivity contribution in [1.82, 2.24) is 4.98 Å². The number of methoxy groups -OCH3 is 1. The number of nitrogens with two attached hydrogens (primary N) is 1. The molecule has 0 saturated carbocycles. The molecule has 0 fully saturated rings. The van der Waals surface area contributed by atoms with Gasteiger partial charge in [-0.3, -0.25) is 9.98 Å². The van der Waals surface area contributed by atoms with Crippen LogP contribution in [0.5, 0.6) is 5.75 Å². The van der Waals surface area contributed by atoms with E-state index in [1.54, 1.807) is 7.11 Å². The average molecular weight is 412 g/mol. The van der Waals surface area contributed by atoms with Gasteiger partial charge < -0.3 is 15.8 Å². The number of nitrogens with one attached hydrogen (secondary N) is 1. The Hall–Kier alpha value is -1.83. The zero-order valence-corrected chi connectivity index (χ0v) is 15.1. The second-order valence-corrected chi connectivity index (χ2v) is 4.65. The molecular weight excluding hydrogens is 391 g/mol. The Morgan fingerprint density at radius 1 is 1.27 bits per heavy atom. The van der Waals surface area contributed by atoms with E-state index in [9.17, 15) is 0 Å². The molecule has 2 aromatic rings. The van der Waals surface area contributed by atoms with Crippen molar-refractivity contribution < 1.29 is 4.74 Å². The first kappa shape index (κ1) is 18.2. The van der Waals surface area contributed by atoms with Crippen LogP contribution in [0.15, 0.2) is 47.6 Å². The normalized spacial score (nSPS) is 10.7. The third-order valence-corrected chi connectivity index (χ3v) is 3.02. The first-order valence-corrected chi connectivity index (χ1v) is 6.80. The number of guanidine groups is 1. The number of hydrogen-bond acceptors (Lipinski definition) is 3. The number of aryl methyl sites for hydroxylation is 1. The summed E-state index contributed by atoms with van der Waals surface area (Å²) in [6, 6.07) is 11.6. The lowest BCUT2D eigenvalue weighted by atomic mass is 10.2. The number of aliphatic imine (C=N–C) groups is 1. The minimum atomic E-state index is 0. The summed E-state index contributed by atoms with van der Waals surface area (Å²) in [5, 5.41) is 3.04. The Bertz CT molecular complexity index is 614. The van der Waals surface area contributed by atoms with Crippen LogP contribution in [0.4, 0.5) is 5.69 Å². The molecule has 0 spiro atoms. The number of hydrogen-bond donors (Lipinski definition) is 2. The Morgan fingerprint density at radius 3 is 2.73 bits per heavy atom. The zero-order chi connectivity index (χ0) is 15.1. The van der Waals surface area contributed by atoms with E-state index in [0.29, 0.717) is 12.5 Å². The lowest BCUT2D eigenvalue weighted by Crippen LogP contribution is -2.23. The van der Waals surface area contributed by atoms with Gasteiger partial charge >= 0.3 is 0 Å². The molecule has 5 nitrogen and oxygen atoms in total. The summed E-state index contributed by atoms with van der Waals surface area (Å²) in [6.07, 6.45) is 2.68. The Kier molecular flexibility index (Phi) is 7.65. The summed E-state index contributed by atoms with van der Waals surface area (Å²) in [5.41, 5.74) is 8.85. The van der Waals surface area contributed by atoms with Crippen molar-refractivity contribution in [2.45, 2.75) is 13.3 Å². The molecule has 1 aromatic carbocycles. The highest BCUT2D eigenvalue weighted by Gasteiger charge is 2.02. The number of benzene rings is 1. The van der Waals surface area contributed by atoms with Crippen LogP contribution in [-0.4, -0.2) is 24.6 Å². The van der Waals surface area contributed by atoms with E-state index in [1.165, 1.54) is 0 Å². The maximum atomic E-state index is 5.89. The number of rotatable bonds is 5. The second kappa shape index (κ2) is 9.24. The maximum Gasteiger partial charge on any atom is 0.193 e. The van der Waals surface area contributed by atoms with E-state index in [0.717, 1.165) is 29.1 Å². The van der Waals surface area contributed by atoms with Crippen LogP contribution in [-0.2, 0) is 6.42 Å². The van der Waals surface area contributed by atoms with Crippen molar-refractivity contribution in [2.24, 2.45) is 10.7 Å². The molecule has 6 heteroatoms. The number of para-hydroxylation sites is 2. The van der Waals surface area contributed by atoms with Crippen LogP contribution in [0.2, 0.25) is 0 Å². The minimum Gasteiger partial charge on any atom is -0.495 e. The highest BCUT2D eigenvalue weighted by Crippen LogP contribution is 2.22. The van der Waals surface area contributed by atoms with Crippen LogP contribution in [0, 0.1) is 6.92 Å². The van der Waals surface area contributed by atoms with E-state index in [-0.39, 0.29) is 24.0 Å². The van der Waals surface area contributed by atoms with Gasteiger partial charge in [-0.25, -0.2) is 0 Å². The molecule has 0 bridgehead atoms. The van der Waals surface area contributed by atoms with Crippen LogP contribution in [0.1, 0.15) is 11.3 Å². The van der Waals surface area contributed by atoms with Crippen molar-refractivity contribution in [3.05, 3.63) is 53.9 Å². The highest BCUT2D eigenvalue weighted by atomic mass is 127. The van der Waals surface area contributed by atoms with Gasteiger partial charge in [0.25, 0.3) is 0 Å². The molecule has 0 saturated heterocycles. The molecule has 3 N–H and O–H groups in total. The monoisotopic (exact) mass is 412 g/mol. The summed E-state index contributed by atoms with van der Waals surface area (Å²) in [5.74, 6) is 1.11. The molecular formula is C16H21IN4O. The lowest BCUT2D eigenvalue weighted by Gasteiger charge is -2.10. The number of pyridine rings is 1. The molecule has 0 aliphatic rings. The van der Waals surface area contributed by atoms with Crippen LogP contribution < -0.4 is 15.8 Å². The first-order valence-electron chi connectivity index (χ1n) is 6.80. The predicted molar refractivity (Wildman–Crippen MR) is 101 cm³/mol. The molecule has 0 unspecified atom stereocenters. The number of nitrogens with zero attached hydrogens (tertiary/aromatic N) is 2. The van der Waals surface area contributed by atoms with Gasteiger partial charge in [0.2, 0.25) is 0 Å². The van der Waals surface area contributed by atoms with Gasteiger partial charge in [0.05, 0.1) is 12.8 Å². The fourth-order valence-corrected chi connectivity index (χ4v) is 1.88. The molecule has 2 rings (SSSR count). The SMILES string of the molecule is COc1ccccc1NC(N)=NCCc1ccc(C)nc1.I. The number of aromatic nitrogens is 1. The second-order valence-electron chi connectivity index (χ2n) is 4.65. The van der Waals surface area contributed by atoms with Crippen molar-refractivity contribution >= 4 is 35.6 Å². The van der Waals surface area contributed by atoms with Crippen molar-refractivity contribution in [3.8, 4) is 5.75 Å². The van der Waals surface area contributed by atoms with Gasteiger partial charge in [-0.2, -0.15) is 0 Å². The lowest BCUT2D eigenvalue weighted by molar-refractivity contribution is 0.417. The average Bonchev–Trinajstić information content (AvgIpc) is 2.50. The zero-order valence-electron chi connectivity index (χ0n) is 12.7. The molecule has 0 atom stereocenters. The summed E-state index contributed by atoms with van der Waals surface area (Å²) >= 11 is 0. The van der Waals surface area contributed by atoms with Gasteiger partial charge in [-0.15, -0.1) is 24.0 Å². The molecule has 0 radical (unpaired) electrons. The molecule has 0 amide bonds. The Morgan fingerprint density at radius 2 is 2.05 bits per heavy atom. The third kappa shape index (κ3) is 5.51. The van der Waals surface area contributed by atoms with Crippen molar-refractivity contribution in [3.63, 3.8) is 0 Å². The largest absolute Gasteiger partial charge is 0.495 e. The summed E-state index contributed by atoms with van der Waals surface area (Å²) < 4.78 is 5.25. The molecule has 1 aromatic heterocycles. The molecule has 1 heterocycles. The first-order chi connectivity index (χ1) is 10.2. The smallest absolute Gasteiger partial charge is 0.193 e. The van der Waals surface area contributed by atoms with Crippen LogP contribution in [0.3, 0.4) is 0 Å². The number of anilines is 1. The van der Waals surface area contributed by atoms with E-state index in [2.05, 4.69) is 21.4 Å². The standard InChI is InChI=1S/C16H20N4O.HI/c1-12-7-8-13(11-19-12)9-10-18-16(17)20-14-5-3-4-6-15(14)21-2;/h3-8,11H,9-10H2,1-2H3,(H3,17,18,20);1H. The van der Waals surface area contributed by atoms with Gasteiger partial charge in [-0.1, -0.05) is 18.2 Å². The molecule has 22 heavy (non-hydrogen) atoms. The van der Waals surface area contributed by atoms with Gasteiger partial charge in [0.15, 0.2) is 5.96 Å². The van der Waals surface area contributed by atoms with Crippen LogP contribution in [0.25, 0.3) is 0 Å². The number of halogens is 1. The van der Waals surface area contributed by atoms with Gasteiger partial charge in [0, 0.05) is 18.4 Å². The maximum absolute atomic E-state index is 5.89. The predicted octanol–water partition coefficient (Wildman–Crippen LogP) is 2.99. The minimum absolute atomic E-state index is 0. The quantitative estimate of drug-likeness (QED) is 0.450. The van der Waals surface area contributed by atoms with E-state index in [1.807, 2.05) is 43.5 Å². The Labute approximate surface area is 148 Å². The van der Waals surface area contributed by atoms with Gasteiger partial charge in [-0.05, 0) is 37.1 Å². The van der Waals surface area contributed by atoms with E-state index >= 15 is 0 Å². The number of ether oxygens (including phenoxy) is 1. The highest BCUT2D eigenvalue weighted by molar-refractivity contribution is 14.0. The molecule has 0 aliphatic carbocycles. The van der Waals surface area contributed by atoms with Crippen molar-refractivity contribution in [1.29, 1.82) is 0 Å².